The van der Waals surface area contributed by atoms with Crippen molar-refractivity contribution in [3.8, 4) is 0 Å². The highest BCUT2D eigenvalue weighted by molar-refractivity contribution is 7.86. The molecule has 0 bridgehead atoms. The van der Waals surface area contributed by atoms with E-state index >= 15 is 0 Å². The molecule has 9 nitrogen and oxygen atoms in total. The molecule has 1 unspecified atom stereocenters. The van der Waals surface area contributed by atoms with Crippen LogP contribution in [0.3, 0.4) is 0 Å². The summed E-state index contributed by atoms with van der Waals surface area (Å²) in [5, 5.41) is 7.41. The second kappa shape index (κ2) is 7.76. The van der Waals surface area contributed by atoms with E-state index in [-0.39, 0.29) is 11.5 Å². The van der Waals surface area contributed by atoms with Crippen LogP contribution < -0.4 is 4.90 Å². The van der Waals surface area contributed by atoms with E-state index in [9.17, 15) is 26.4 Å². The Morgan fingerprint density at radius 2 is 1.81 bits per heavy atom. The van der Waals surface area contributed by atoms with Gasteiger partial charge in [-0.1, -0.05) is 0 Å². The van der Waals surface area contributed by atoms with Crippen LogP contribution in [0.25, 0.3) is 0 Å². The van der Waals surface area contributed by atoms with Gasteiger partial charge in [0.25, 0.3) is 10.1 Å². The number of amides is 1. The van der Waals surface area contributed by atoms with Crippen molar-refractivity contribution in [1.82, 2.24) is 15.1 Å². The summed E-state index contributed by atoms with van der Waals surface area (Å²) in [5.41, 5.74) is -1.34. The van der Waals surface area contributed by atoms with Crippen LogP contribution >= 0.6 is 0 Å². The number of rotatable bonds is 4. The minimum absolute atomic E-state index is 0.120. The molecule has 0 saturated carbocycles. The highest BCUT2D eigenvalue weighted by atomic mass is 32.2. The second-order valence-electron chi connectivity index (χ2n) is 9.05. The van der Waals surface area contributed by atoms with E-state index in [1.165, 1.54) is 6.07 Å². The molecule has 31 heavy (non-hydrogen) atoms. The molecular formula is C18H25F3N4O5S. The first kappa shape index (κ1) is 23.5. The number of halogens is 3. The summed E-state index contributed by atoms with van der Waals surface area (Å²) in [4.78, 5) is 15.6. The van der Waals surface area contributed by atoms with Crippen LogP contribution in [0.4, 0.5) is 23.8 Å². The Hall–Kier alpha value is -2.15. The van der Waals surface area contributed by atoms with Crippen LogP contribution in [0.15, 0.2) is 12.1 Å². The van der Waals surface area contributed by atoms with E-state index in [0.29, 0.717) is 38.3 Å². The molecule has 1 aromatic rings. The number of ether oxygens (including phenoxy) is 1. The zero-order chi connectivity index (χ0) is 23.2. The van der Waals surface area contributed by atoms with Gasteiger partial charge in [0, 0.05) is 31.6 Å². The quantitative estimate of drug-likeness (QED) is 0.624. The summed E-state index contributed by atoms with van der Waals surface area (Å²) >= 11 is 0. The molecule has 0 aromatic carbocycles. The average molecular weight is 466 g/mol. The van der Waals surface area contributed by atoms with Gasteiger partial charge < -0.3 is 14.5 Å². The van der Waals surface area contributed by atoms with E-state index in [1.807, 2.05) is 4.90 Å². The Balaban J connectivity index is 1.63. The fourth-order valence-electron chi connectivity index (χ4n) is 3.70. The van der Waals surface area contributed by atoms with Gasteiger partial charge in [0.1, 0.15) is 11.3 Å². The van der Waals surface area contributed by atoms with Crippen LogP contribution in [0.2, 0.25) is 0 Å². The summed E-state index contributed by atoms with van der Waals surface area (Å²) < 4.78 is 71.5. The first-order chi connectivity index (χ1) is 14.1. The van der Waals surface area contributed by atoms with Gasteiger partial charge >= 0.3 is 12.3 Å². The van der Waals surface area contributed by atoms with E-state index in [2.05, 4.69) is 14.4 Å². The molecule has 2 saturated heterocycles. The molecule has 2 aliphatic heterocycles. The average Bonchev–Trinajstić information content (AvgIpc) is 3.01. The van der Waals surface area contributed by atoms with Crippen molar-refractivity contribution >= 4 is 22.0 Å². The van der Waals surface area contributed by atoms with Crippen molar-refractivity contribution in [2.45, 2.75) is 45.1 Å². The molecule has 1 atom stereocenters. The molecule has 3 rings (SSSR count). The van der Waals surface area contributed by atoms with Gasteiger partial charge in [-0.05, 0) is 39.3 Å². The lowest BCUT2D eigenvalue weighted by Crippen LogP contribution is -2.60. The Labute approximate surface area is 178 Å². The van der Waals surface area contributed by atoms with Crippen LogP contribution in [0.5, 0.6) is 0 Å². The Morgan fingerprint density at radius 3 is 2.29 bits per heavy atom. The Bertz CT molecular complexity index is 925. The van der Waals surface area contributed by atoms with Gasteiger partial charge in [-0.2, -0.15) is 26.7 Å². The lowest BCUT2D eigenvalue weighted by molar-refractivity contribution is -0.198. The minimum Gasteiger partial charge on any atom is -0.444 e. The number of likely N-dealkylation sites (tertiary alicyclic amines) is 1. The predicted molar refractivity (Wildman–Crippen MR) is 104 cm³/mol. The molecule has 3 heterocycles. The van der Waals surface area contributed by atoms with Gasteiger partial charge in [0.05, 0.1) is 6.26 Å². The molecule has 174 valence electrons. The number of carbonyl (C=O) groups is 1. The lowest BCUT2D eigenvalue weighted by atomic mass is 9.79. The molecule has 0 N–H and O–H groups in total. The number of hydrogen-bond donors (Lipinski definition) is 0. The molecule has 1 amide bonds. The summed E-state index contributed by atoms with van der Waals surface area (Å²) in [6.07, 6.45) is -6.73. The lowest BCUT2D eigenvalue weighted by Gasteiger charge is -2.47. The molecule has 13 heteroatoms. The monoisotopic (exact) mass is 466 g/mol. The number of nitrogens with zero attached hydrogens (tertiary/aromatic N) is 4. The minimum atomic E-state index is -4.96. The van der Waals surface area contributed by atoms with Crippen molar-refractivity contribution in [3.05, 3.63) is 17.8 Å². The van der Waals surface area contributed by atoms with Crippen molar-refractivity contribution < 1.29 is 35.3 Å². The highest BCUT2D eigenvalue weighted by Gasteiger charge is 2.51. The third kappa shape index (κ3) is 5.76. The van der Waals surface area contributed by atoms with Gasteiger partial charge in [0.15, 0.2) is 5.82 Å². The normalized spacial score (nSPS) is 20.0. The fourth-order valence-corrected chi connectivity index (χ4v) is 4.26. The number of aromatic nitrogens is 2. The molecule has 0 radical (unpaired) electrons. The summed E-state index contributed by atoms with van der Waals surface area (Å²) in [6, 6.07) is 2.42. The summed E-state index contributed by atoms with van der Waals surface area (Å²) in [6.45, 7) is 7.63. The summed E-state index contributed by atoms with van der Waals surface area (Å²) in [5.74, 6) is 0.372. The first-order valence-corrected chi connectivity index (χ1v) is 11.4. The van der Waals surface area contributed by atoms with Crippen LogP contribution in [-0.2, 0) is 19.0 Å². The van der Waals surface area contributed by atoms with E-state index in [0.717, 1.165) is 12.5 Å². The molecule has 0 aliphatic carbocycles. The van der Waals surface area contributed by atoms with E-state index < -0.39 is 33.7 Å². The van der Waals surface area contributed by atoms with E-state index in [1.54, 1.807) is 25.7 Å². The van der Waals surface area contributed by atoms with Gasteiger partial charge in [0.2, 0.25) is 6.10 Å². The van der Waals surface area contributed by atoms with Crippen LogP contribution in [0.1, 0.15) is 39.0 Å². The van der Waals surface area contributed by atoms with Crippen molar-refractivity contribution in [3.63, 3.8) is 0 Å². The highest BCUT2D eigenvalue weighted by Crippen LogP contribution is 2.41. The Morgan fingerprint density at radius 1 is 1.16 bits per heavy atom. The number of alkyl halides is 3. The molecular weight excluding hydrogens is 441 g/mol. The number of anilines is 1. The van der Waals surface area contributed by atoms with Crippen molar-refractivity contribution in [2.24, 2.45) is 5.41 Å². The van der Waals surface area contributed by atoms with Crippen molar-refractivity contribution in [2.75, 3.05) is 37.3 Å². The standard InChI is InChI=1S/C18H25F3N4O5S/c1-16(2,3)29-15(26)25-10-17(11-25)7-8-24(9-17)13-6-5-12(22-23-13)14(18(19,20)21)30-31(4,27)28/h5-6,14H,7-11H2,1-4H3. The number of carbonyl (C=O) groups excluding carboxylic acids is 1. The third-order valence-electron chi connectivity index (χ3n) is 4.97. The topological polar surface area (TPSA) is 102 Å². The van der Waals surface area contributed by atoms with Crippen LogP contribution in [-0.4, -0.2) is 73.8 Å². The third-order valence-corrected chi connectivity index (χ3v) is 5.52. The largest absolute Gasteiger partial charge is 0.444 e. The molecule has 1 aromatic heterocycles. The van der Waals surface area contributed by atoms with Gasteiger partial charge in [-0.25, -0.2) is 4.79 Å². The SMILES string of the molecule is CC(C)(C)OC(=O)N1CC2(CCN(c3ccc(C(OS(C)(=O)=O)C(F)(F)F)nn3)C2)C1. The molecule has 2 aliphatic rings. The fraction of sp³-hybridized carbons (Fsp3) is 0.722. The number of hydrogen-bond acceptors (Lipinski definition) is 8. The maximum absolute atomic E-state index is 13.2. The van der Waals surface area contributed by atoms with Gasteiger partial charge in [-0.15, -0.1) is 5.10 Å². The maximum Gasteiger partial charge on any atom is 0.421 e. The zero-order valence-electron chi connectivity index (χ0n) is 17.6. The smallest absolute Gasteiger partial charge is 0.421 e. The molecule has 1 spiro atoms. The van der Waals surface area contributed by atoms with Crippen molar-refractivity contribution in [1.29, 1.82) is 0 Å². The maximum atomic E-state index is 13.2. The van der Waals surface area contributed by atoms with Crippen LogP contribution in [0, 0.1) is 5.41 Å². The summed E-state index contributed by atoms with van der Waals surface area (Å²) in [7, 11) is -4.36. The predicted octanol–water partition coefficient (Wildman–Crippen LogP) is 2.50. The zero-order valence-corrected chi connectivity index (χ0v) is 18.5. The molecule has 2 fully saturated rings. The first-order valence-electron chi connectivity index (χ1n) is 9.58. The Kier molecular flexibility index (Phi) is 5.89. The van der Waals surface area contributed by atoms with Gasteiger partial charge in [-0.3, -0.25) is 4.18 Å². The second-order valence-corrected chi connectivity index (χ2v) is 10.6. The van der Waals surface area contributed by atoms with E-state index in [4.69, 9.17) is 4.74 Å².